The predicted molar refractivity (Wildman–Crippen MR) is 152 cm³/mol. The van der Waals surface area contributed by atoms with Gasteiger partial charge in [-0.25, -0.2) is 0 Å². The van der Waals surface area contributed by atoms with Crippen LogP contribution in [0, 0.1) is 19.8 Å². The van der Waals surface area contributed by atoms with Crippen molar-refractivity contribution in [1.29, 1.82) is 0 Å². The SMILES string of the molecule is Cc1ccc(OCc2ccc(CN3CCOCC3)cc2C)c(C2=CSC(N3CCCC(C(=O)O)C3)N2C)c1. The van der Waals surface area contributed by atoms with Crippen molar-refractivity contribution in [2.75, 3.05) is 46.4 Å². The van der Waals surface area contributed by atoms with E-state index in [2.05, 4.69) is 77.4 Å². The molecule has 0 amide bonds. The summed E-state index contributed by atoms with van der Waals surface area (Å²) in [6, 6.07) is 13.0. The number of hydrogen-bond donors (Lipinski definition) is 1. The second kappa shape index (κ2) is 12.1. The second-order valence-electron chi connectivity index (χ2n) is 10.7. The molecule has 0 aromatic heterocycles. The molecule has 0 bridgehead atoms. The fourth-order valence-corrected chi connectivity index (χ4v) is 6.78. The van der Waals surface area contributed by atoms with Crippen molar-refractivity contribution in [3.8, 4) is 5.75 Å². The summed E-state index contributed by atoms with van der Waals surface area (Å²) in [5, 5.41) is 11.7. The van der Waals surface area contributed by atoms with Gasteiger partial charge in [0.2, 0.25) is 0 Å². The summed E-state index contributed by atoms with van der Waals surface area (Å²) in [5.74, 6) is -0.107. The molecule has 5 rings (SSSR count). The Kier molecular flexibility index (Phi) is 8.63. The first-order chi connectivity index (χ1) is 18.4. The van der Waals surface area contributed by atoms with E-state index in [1.165, 1.54) is 22.3 Å². The molecule has 0 aliphatic carbocycles. The molecule has 38 heavy (non-hydrogen) atoms. The number of likely N-dealkylation sites (tertiary alicyclic amines) is 1. The van der Waals surface area contributed by atoms with Gasteiger partial charge in [0.15, 0.2) is 0 Å². The number of carbonyl (C=O) groups is 1. The minimum absolute atomic E-state index is 0.0989. The highest BCUT2D eigenvalue weighted by atomic mass is 32.2. The van der Waals surface area contributed by atoms with Crippen molar-refractivity contribution in [2.24, 2.45) is 5.92 Å². The highest BCUT2D eigenvalue weighted by Gasteiger charge is 2.35. The number of morpholine rings is 1. The van der Waals surface area contributed by atoms with Crippen LogP contribution < -0.4 is 4.74 Å². The number of carboxylic acids is 1. The largest absolute Gasteiger partial charge is 0.488 e. The van der Waals surface area contributed by atoms with Crippen LogP contribution >= 0.6 is 11.8 Å². The van der Waals surface area contributed by atoms with Crippen LogP contribution in [0.25, 0.3) is 5.70 Å². The molecule has 204 valence electrons. The van der Waals surface area contributed by atoms with Gasteiger partial charge in [0.1, 0.15) is 17.9 Å². The highest BCUT2D eigenvalue weighted by Crippen LogP contribution is 2.41. The van der Waals surface area contributed by atoms with Gasteiger partial charge in [-0.2, -0.15) is 0 Å². The average Bonchev–Trinajstić information content (AvgIpc) is 3.30. The number of nitrogens with zero attached hydrogens (tertiary/aromatic N) is 3. The van der Waals surface area contributed by atoms with Crippen LogP contribution in [0.4, 0.5) is 0 Å². The zero-order valence-corrected chi connectivity index (χ0v) is 23.5. The standard InChI is InChI=1S/C30H39N3O4S/c1-21-6-9-28(37-19-25-8-7-23(16-22(25)2)17-32-11-13-36-14-12-32)26(15-21)27-20-38-30(31(27)3)33-10-4-5-24(18-33)29(34)35/h6-9,15-16,20,24,30H,4-5,10-14,17-19H2,1-3H3,(H,34,35). The molecule has 0 saturated carbocycles. The summed E-state index contributed by atoms with van der Waals surface area (Å²) in [6.45, 7) is 10.9. The Morgan fingerprint density at radius 1 is 1.13 bits per heavy atom. The first kappa shape index (κ1) is 27.1. The number of hydrogen-bond acceptors (Lipinski definition) is 7. The van der Waals surface area contributed by atoms with Crippen LogP contribution in [-0.4, -0.2) is 77.7 Å². The third kappa shape index (κ3) is 6.20. The van der Waals surface area contributed by atoms with Crippen molar-refractivity contribution in [3.63, 3.8) is 0 Å². The quantitative estimate of drug-likeness (QED) is 0.517. The molecule has 2 atom stereocenters. The van der Waals surface area contributed by atoms with E-state index < -0.39 is 5.97 Å². The van der Waals surface area contributed by atoms with E-state index in [9.17, 15) is 9.90 Å². The van der Waals surface area contributed by atoms with Gasteiger partial charge in [-0.05, 0) is 60.9 Å². The summed E-state index contributed by atoms with van der Waals surface area (Å²) in [7, 11) is 2.10. The van der Waals surface area contributed by atoms with Gasteiger partial charge in [-0.3, -0.25) is 14.6 Å². The van der Waals surface area contributed by atoms with E-state index in [1.807, 2.05) is 0 Å². The molecule has 3 aliphatic rings. The van der Waals surface area contributed by atoms with Gasteiger partial charge in [-0.1, -0.05) is 41.6 Å². The Bertz CT molecular complexity index is 1180. The van der Waals surface area contributed by atoms with Gasteiger partial charge < -0.3 is 19.5 Å². The van der Waals surface area contributed by atoms with Crippen LogP contribution in [0.15, 0.2) is 41.8 Å². The minimum atomic E-state index is -0.688. The first-order valence-electron chi connectivity index (χ1n) is 13.6. The number of carboxylic acid groups (broad SMARTS) is 1. The lowest BCUT2D eigenvalue weighted by Crippen LogP contribution is -2.48. The summed E-state index contributed by atoms with van der Waals surface area (Å²) in [4.78, 5) is 18.6. The molecule has 1 N–H and O–H groups in total. The molecule has 2 aromatic carbocycles. The van der Waals surface area contributed by atoms with E-state index in [4.69, 9.17) is 9.47 Å². The monoisotopic (exact) mass is 537 g/mol. The highest BCUT2D eigenvalue weighted by molar-refractivity contribution is 8.03. The molecule has 7 nitrogen and oxygen atoms in total. The molecule has 3 aliphatic heterocycles. The van der Waals surface area contributed by atoms with Crippen LogP contribution in [0.2, 0.25) is 0 Å². The van der Waals surface area contributed by atoms with Crippen LogP contribution in [0.5, 0.6) is 5.75 Å². The molecule has 2 saturated heterocycles. The normalized spacial score (nSPS) is 22.9. The third-order valence-electron chi connectivity index (χ3n) is 7.84. The summed E-state index contributed by atoms with van der Waals surface area (Å²) in [6.07, 6.45) is 1.68. The average molecular weight is 538 g/mol. The topological polar surface area (TPSA) is 65.5 Å². The summed E-state index contributed by atoms with van der Waals surface area (Å²) in [5.41, 5.74) is 7.24. The first-order valence-corrected chi connectivity index (χ1v) is 14.5. The van der Waals surface area contributed by atoms with Gasteiger partial charge in [0, 0.05) is 45.3 Å². The van der Waals surface area contributed by atoms with Crippen molar-refractivity contribution in [3.05, 3.63) is 69.6 Å². The summed E-state index contributed by atoms with van der Waals surface area (Å²) >= 11 is 1.75. The van der Waals surface area contributed by atoms with Crippen molar-refractivity contribution >= 4 is 23.4 Å². The predicted octanol–water partition coefficient (Wildman–Crippen LogP) is 4.77. The molecule has 2 unspecified atom stereocenters. The van der Waals surface area contributed by atoms with Gasteiger partial charge in [0.25, 0.3) is 0 Å². The zero-order valence-electron chi connectivity index (χ0n) is 22.7. The van der Waals surface area contributed by atoms with Gasteiger partial charge in [-0.15, -0.1) is 0 Å². The number of benzene rings is 2. The molecule has 3 heterocycles. The number of rotatable bonds is 8. The third-order valence-corrected chi connectivity index (χ3v) is 9.06. The fourth-order valence-electron chi connectivity index (χ4n) is 5.57. The Morgan fingerprint density at radius 3 is 2.71 bits per heavy atom. The molecule has 0 radical (unpaired) electrons. The lowest BCUT2D eigenvalue weighted by Gasteiger charge is -2.39. The van der Waals surface area contributed by atoms with E-state index in [1.54, 1.807) is 11.8 Å². The zero-order chi connectivity index (χ0) is 26.6. The van der Waals surface area contributed by atoms with Crippen LogP contribution in [-0.2, 0) is 22.7 Å². The van der Waals surface area contributed by atoms with E-state index in [-0.39, 0.29) is 11.4 Å². The molecule has 0 spiro atoms. The number of aliphatic carboxylic acids is 1. The maximum Gasteiger partial charge on any atom is 0.307 e. The Balaban J connectivity index is 1.26. The van der Waals surface area contributed by atoms with Crippen molar-refractivity contribution < 1.29 is 19.4 Å². The second-order valence-corrected chi connectivity index (χ2v) is 11.6. The number of piperidine rings is 1. The Hall–Kier alpha value is -2.52. The Morgan fingerprint density at radius 2 is 1.95 bits per heavy atom. The van der Waals surface area contributed by atoms with Crippen LogP contribution in [0.3, 0.4) is 0 Å². The fraction of sp³-hybridized carbons (Fsp3) is 0.500. The number of aryl methyl sites for hydroxylation is 2. The Labute approximate surface area is 230 Å². The molecule has 8 heteroatoms. The van der Waals surface area contributed by atoms with Crippen molar-refractivity contribution in [1.82, 2.24) is 14.7 Å². The van der Waals surface area contributed by atoms with Gasteiger partial charge in [0.05, 0.1) is 24.8 Å². The lowest BCUT2D eigenvalue weighted by atomic mass is 9.98. The smallest absolute Gasteiger partial charge is 0.307 e. The summed E-state index contributed by atoms with van der Waals surface area (Å²) < 4.78 is 11.9. The lowest BCUT2D eigenvalue weighted by molar-refractivity contribution is -0.143. The maximum absolute atomic E-state index is 11.6. The van der Waals surface area contributed by atoms with Gasteiger partial charge >= 0.3 is 5.97 Å². The molecular formula is C30H39N3O4S. The number of thioether (sulfide) groups is 1. The van der Waals surface area contributed by atoms with Crippen molar-refractivity contribution in [2.45, 2.75) is 45.3 Å². The van der Waals surface area contributed by atoms with E-state index in [0.717, 1.165) is 69.2 Å². The molecular weight excluding hydrogens is 498 g/mol. The van der Waals surface area contributed by atoms with E-state index >= 15 is 0 Å². The minimum Gasteiger partial charge on any atom is -0.488 e. The number of ether oxygens (including phenoxy) is 2. The maximum atomic E-state index is 11.6. The molecule has 2 fully saturated rings. The van der Waals surface area contributed by atoms with Crippen LogP contribution in [0.1, 0.15) is 40.7 Å². The van der Waals surface area contributed by atoms with E-state index in [0.29, 0.717) is 13.2 Å². The molecule has 2 aromatic rings.